The Balaban J connectivity index is 2.87. The summed E-state index contributed by atoms with van der Waals surface area (Å²) in [5.41, 5.74) is 1.12. The van der Waals surface area contributed by atoms with Crippen molar-refractivity contribution in [2.75, 3.05) is 13.7 Å². The molecule has 18 heavy (non-hydrogen) atoms. The van der Waals surface area contributed by atoms with Gasteiger partial charge in [-0.15, -0.1) is 5.10 Å². The molecule has 0 spiro atoms. The summed E-state index contributed by atoms with van der Waals surface area (Å²) in [7, 11) is 1.97. The summed E-state index contributed by atoms with van der Waals surface area (Å²) in [4.78, 5) is 0. The van der Waals surface area contributed by atoms with E-state index in [1.807, 2.05) is 24.9 Å². The van der Waals surface area contributed by atoms with Gasteiger partial charge in [0.25, 0.3) is 0 Å². The number of ether oxygens (including phenoxy) is 1. The van der Waals surface area contributed by atoms with E-state index in [1.165, 1.54) is 0 Å². The highest BCUT2D eigenvalue weighted by atomic mass is 16.5. The average molecular weight is 254 g/mol. The summed E-state index contributed by atoms with van der Waals surface area (Å²) in [6.45, 7) is 8.00. The summed E-state index contributed by atoms with van der Waals surface area (Å²) >= 11 is 0. The number of aryl methyl sites for hydroxylation is 1. The molecule has 0 fully saturated rings. The van der Waals surface area contributed by atoms with Gasteiger partial charge < -0.3 is 10.1 Å². The highest BCUT2D eigenvalue weighted by Crippen LogP contribution is 2.22. The molecule has 0 aliphatic heterocycles. The van der Waals surface area contributed by atoms with Crippen molar-refractivity contribution in [1.82, 2.24) is 20.3 Å². The molecule has 0 saturated heterocycles. The average Bonchev–Trinajstić information content (AvgIpc) is 2.80. The number of nitrogens with one attached hydrogen (secondary N) is 1. The molecule has 2 unspecified atom stereocenters. The molecule has 5 nitrogen and oxygen atoms in total. The lowest BCUT2D eigenvalue weighted by Crippen LogP contribution is -2.33. The van der Waals surface area contributed by atoms with Gasteiger partial charge in [-0.3, -0.25) is 0 Å². The minimum atomic E-state index is 0.159. The Morgan fingerprint density at radius 3 is 2.67 bits per heavy atom. The van der Waals surface area contributed by atoms with E-state index >= 15 is 0 Å². The normalized spacial score (nSPS) is 14.7. The van der Waals surface area contributed by atoms with Gasteiger partial charge in [0.2, 0.25) is 0 Å². The van der Waals surface area contributed by atoms with Gasteiger partial charge in [0.15, 0.2) is 0 Å². The molecule has 104 valence electrons. The van der Waals surface area contributed by atoms with Crippen LogP contribution in [0, 0.1) is 0 Å². The van der Waals surface area contributed by atoms with Crippen LogP contribution in [0.2, 0.25) is 0 Å². The maximum absolute atomic E-state index is 5.86. The lowest BCUT2D eigenvalue weighted by molar-refractivity contribution is 0.0273. The first kappa shape index (κ1) is 15.1. The van der Waals surface area contributed by atoms with Crippen LogP contribution in [0.5, 0.6) is 0 Å². The van der Waals surface area contributed by atoms with Crippen LogP contribution in [0.1, 0.15) is 51.8 Å². The van der Waals surface area contributed by atoms with Gasteiger partial charge in [0, 0.05) is 13.2 Å². The minimum absolute atomic E-state index is 0.159. The van der Waals surface area contributed by atoms with E-state index in [0.29, 0.717) is 0 Å². The predicted molar refractivity (Wildman–Crippen MR) is 72.4 cm³/mol. The lowest BCUT2D eigenvalue weighted by atomic mass is 10.0. The molecule has 0 bridgehead atoms. The van der Waals surface area contributed by atoms with E-state index in [9.17, 15) is 0 Å². The van der Waals surface area contributed by atoms with Crippen LogP contribution in [0.25, 0.3) is 0 Å². The zero-order chi connectivity index (χ0) is 13.4. The van der Waals surface area contributed by atoms with Crippen molar-refractivity contribution in [3.05, 3.63) is 11.9 Å². The van der Waals surface area contributed by atoms with Crippen LogP contribution in [0.4, 0.5) is 0 Å². The van der Waals surface area contributed by atoms with E-state index in [-0.39, 0.29) is 12.1 Å². The first-order chi connectivity index (χ1) is 8.78. The lowest BCUT2D eigenvalue weighted by Gasteiger charge is -2.26. The number of hydrogen-bond acceptors (Lipinski definition) is 4. The third-order valence-corrected chi connectivity index (χ3v) is 3.04. The van der Waals surface area contributed by atoms with Gasteiger partial charge in [0.05, 0.1) is 24.0 Å². The second-order valence-electron chi connectivity index (χ2n) is 4.43. The predicted octanol–water partition coefficient (Wildman–Crippen LogP) is 2.15. The van der Waals surface area contributed by atoms with Gasteiger partial charge in [-0.1, -0.05) is 25.5 Å². The molecule has 0 aliphatic carbocycles. The molecular formula is C13H26N4O. The van der Waals surface area contributed by atoms with Gasteiger partial charge in [-0.2, -0.15) is 0 Å². The highest BCUT2D eigenvalue weighted by Gasteiger charge is 2.25. The highest BCUT2D eigenvalue weighted by molar-refractivity contribution is 5.05. The molecule has 0 amide bonds. The maximum atomic E-state index is 5.86. The van der Waals surface area contributed by atoms with Crippen LogP contribution in [-0.2, 0) is 11.3 Å². The Morgan fingerprint density at radius 1 is 1.33 bits per heavy atom. The Morgan fingerprint density at radius 2 is 2.11 bits per heavy atom. The molecule has 5 heteroatoms. The van der Waals surface area contributed by atoms with Crippen molar-refractivity contribution in [2.45, 2.75) is 58.7 Å². The third kappa shape index (κ3) is 3.78. The largest absolute Gasteiger partial charge is 0.376 e. The molecule has 0 radical (unpaired) electrons. The van der Waals surface area contributed by atoms with E-state index in [0.717, 1.165) is 38.1 Å². The molecule has 1 aromatic rings. The molecule has 1 heterocycles. The van der Waals surface area contributed by atoms with Gasteiger partial charge in [-0.05, 0) is 26.8 Å². The second-order valence-corrected chi connectivity index (χ2v) is 4.43. The summed E-state index contributed by atoms with van der Waals surface area (Å²) < 4.78 is 7.84. The number of rotatable bonds is 9. The van der Waals surface area contributed by atoms with Crippen LogP contribution in [0.15, 0.2) is 6.20 Å². The number of likely N-dealkylation sites (N-methyl/N-ethyl adjacent to an activating group) is 1. The Kier molecular flexibility index (Phi) is 6.90. The van der Waals surface area contributed by atoms with Crippen molar-refractivity contribution in [3.8, 4) is 0 Å². The summed E-state index contributed by atoms with van der Waals surface area (Å²) in [6, 6.07) is 0.159. The Labute approximate surface area is 110 Å². The quantitative estimate of drug-likeness (QED) is 0.733. The molecule has 1 rings (SSSR count). The van der Waals surface area contributed by atoms with E-state index in [4.69, 9.17) is 4.74 Å². The molecule has 1 aromatic heterocycles. The van der Waals surface area contributed by atoms with E-state index in [2.05, 4.69) is 29.5 Å². The standard InChI is InChI=1S/C13H26N4O/c1-5-8-12(18-7-3)13(14-4)11-10-15-16-17(11)9-6-2/h10,12-14H,5-9H2,1-4H3. The fraction of sp³-hybridized carbons (Fsp3) is 0.846. The van der Waals surface area contributed by atoms with Gasteiger partial charge in [-0.25, -0.2) is 4.68 Å². The first-order valence-corrected chi connectivity index (χ1v) is 6.95. The summed E-state index contributed by atoms with van der Waals surface area (Å²) in [5, 5.41) is 11.5. The van der Waals surface area contributed by atoms with Crippen LogP contribution in [-0.4, -0.2) is 34.8 Å². The van der Waals surface area contributed by atoms with E-state index in [1.54, 1.807) is 0 Å². The van der Waals surface area contributed by atoms with Crippen LogP contribution < -0.4 is 5.32 Å². The zero-order valence-corrected chi connectivity index (χ0v) is 12.0. The van der Waals surface area contributed by atoms with Gasteiger partial charge in [0.1, 0.15) is 0 Å². The van der Waals surface area contributed by atoms with Crippen molar-refractivity contribution >= 4 is 0 Å². The Hall–Kier alpha value is -0.940. The number of aromatic nitrogens is 3. The molecule has 0 aromatic carbocycles. The molecule has 0 saturated carbocycles. The van der Waals surface area contributed by atoms with Crippen molar-refractivity contribution in [2.24, 2.45) is 0 Å². The van der Waals surface area contributed by atoms with E-state index < -0.39 is 0 Å². The van der Waals surface area contributed by atoms with Crippen LogP contribution in [0.3, 0.4) is 0 Å². The number of hydrogen-bond donors (Lipinski definition) is 1. The summed E-state index contributed by atoms with van der Waals surface area (Å²) in [5.74, 6) is 0. The van der Waals surface area contributed by atoms with Crippen LogP contribution >= 0.6 is 0 Å². The molecule has 0 aliphatic rings. The fourth-order valence-electron chi connectivity index (χ4n) is 2.26. The molecule has 1 N–H and O–H groups in total. The molecule has 2 atom stereocenters. The monoisotopic (exact) mass is 254 g/mol. The zero-order valence-electron chi connectivity index (χ0n) is 12.0. The third-order valence-electron chi connectivity index (χ3n) is 3.04. The number of nitrogens with zero attached hydrogens (tertiary/aromatic N) is 3. The fourth-order valence-corrected chi connectivity index (χ4v) is 2.26. The van der Waals surface area contributed by atoms with Crippen molar-refractivity contribution in [1.29, 1.82) is 0 Å². The van der Waals surface area contributed by atoms with Crippen molar-refractivity contribution in [3.63, 3.8) is 0 Å². The summed E-state index contributed by atoms with van der Waals surface area (Å²) in [6.07, 6.45) is 5.23. The molecular weight excluding hydrogens is 228 g/mol. The van der Waals surface area contributed by atoms with Gasteiger partial charge >= 0.3 is 0 Å². The first-order valence-electron chi connectivity index (χ1n) is 6.95. The minimum Gasteiger partial charge on any atom is -0.376 e. The Bertz CT molecular complexity index is 321. The maximum Gasteiger partial charge on any atom is 0.0785 e. The topological polar surface area (TPSA) is 52.0 Å². The van der Waals surface area contributed by atoms with Crippen molar-refractivity contribution < 1.29 is 4.74 Å². The smallest absolute Gasteiger partial charge is 0.0785 e. The SMILES string of the molecule is CCCC(OCC)C(NC)c1cnnn1CCC. The second kappa shape index (κ2) is 8.21.